The van der Waals surface area contributed by atoms with Gasteiger partial charge in [0.1, 0.15) is 5.75 Å². The van der Waals surface area contributed by atoms with E-state index >= 15 is 0 Å². The lowest BCUT2D eigenvalue weighted by Crippen LogP contribution is -2.10. The van der Waals surface area contributed by atoms with Crippen LogP contribution in [0, 0.1) is 0 Å². The number of rotatable bonds is 21. The van der Waals surface area contributed by atoms with Crippen molar-refractivity contribution in [1.82, 2.24) is 0 Å². The van der Waals surface area contributed by atoms with E-state index in [4.69, 9.17) is 24.7 Å². The van der Waals surface area contributed by atoms with Gasteiger partial charge in [0.25, 0.3) is 0 Å². The molecule has 8 heteroatoms. The molecule has 2 N–H and O–H groups in total. The predicted molar refractivity (Wildman–Crippen MR) is 133 cm³/mol. The molecule has 0 heterocycles. The Balaban J connectivity index is 0.0000102. The maximum absolute atomic E-state index is 11.0. The largest absolute Gasteiger partial charge is 0.494 e. The molecule has 1 atom stereocenters. The molecule has 0 spiro atoms. The molecule has 7 nitrogen and oxygen atoms in total. The number of unbranched alkanes of at least 4 members (excludes halogenated alkanes) is 5. The summed E-state index contributed by atoms with van der Waals surface area (Å²) in [5, 5.41) is 0. The van der Waals surface area contributed by atoms with Gasteiger partial charge in [-0.05, 0) is 56.7 Å². The molecule has 33 heavy (non-hydrogen) atoms. The second-order valence-electron chi connectivity index (χ2n) is 7.84. The quantitative estimate of drug-likeness (QED) is 0.195. The van der Waals surface area contributed by atoms with Crippen LogP contribution in [0.4, 0.5) is 0 Å². The maximum Gasteiger partial charge on any atom is 0.305 e. The normalized spacial score (nSPS) is 11.6. The summed E-state index contributed by atoms with van der Waals surface area (Å²) >= 11 is 0. The highest BCUT2D eigenvalue weighted by atomic mass is 35.5. The fourth-order valence-electron chi connectivity index (χ4n) is 3.01. The number of ether oxygens (including phenoxy) is 5. The molecule has 0 saturated carbocycles. The zero-order valence-electron chi connectivity index (χ0n) is 20.4. The molecule has 0 fully saturated rings. The molecule has 0 saturated heterocycles. The second kappa shape index (κ2) is 22.4. The van der Waals surface area contributed by atoms with Crippen molar-refractivity contribution in [3.8, 4) is 5.75 Å². The summed E-state index contributed by atoms with van der Waals surface area (Å²) in [5.41, 5.74) is 6.97. The first-order valence-electron chi connectivity index (χ1n) is 11.9. The predicted octanol–water partition coefficient (Wildman–Crippen LogP) is 4.85. The topological polar surface area (TPSA) is 89.2 Å². The minimum atomic E-state index is -0.146. The summed E-state index contributed by atoms with van der Waals surface area (Å²) < 4.78 is 27.0. The number of hydrogen-bond acceptors (Lipinski definition) is 7. The summed E-state index contributed by atoms with van der Waals surface area (Å²) in [6.45, 7) is 6.57. The number of methoxy groups -OCH3 is 1. The van der Waals surface area contributed by atoms with E-state index in [1.807, 2.05) is 31.2 Å². The van der Waals surface area contributed by atoms with E-state index in [1.165, 1.54) is 7.11 Å². The zero-order valence-corrected chi connectivity index (χ0v) is 21.2. The minimum absolute atomic E-state index is 0. The number of nitrogens with two attached hydrogens (primary N) is 1. The van der Waals surface area contributed by atoms with Gasteiger partial charge < -0.3 is 29.4 Å². The lowest BCUT2D eigenvalue weighted by molar-refractivity contribution is -0.140. The van der Waals surface area contributed by atoms with Gasteiger partial charge in [0.05, 0.1) is 40.1 Å². The standard InChI is InChI=1S/C25H43NO6.ClH/c1-22(26)23-11-13-24(14-12-23)32-17-9-4-3-7-15-29-18-20-31-21-19-30-16-8-5-6-10-25(27)28-2;/h11-14,22H,3-10,15-21,26H2,1-2H3;1H/t22-;/m0./s1. The van der Waals surface area contributed by atoms with Crippen LogP contribution in [0.3, 0.4) is 0 Å². The van der Waals surface area contributed by atoms with E-state index in [2.05, 4.69) is 4.74 Å². The molecule has 1 aromatic carbocycles. The van der Waals surface area contributed by atoms with E-state index in [-0.39, 0.29) is 24.4 Å². The van der Waals surface area contributed by atoms with Crippen molar-refractivity contribution in [3.05, 3.63) is 29.8 Å². The first-order chi connectivity index (χ1) is 15.6. The number of carbonyl (C=O) groups excluding carboxylic acids is 1. The van der Waals surface area contributed by atoms with Crippen LogP contribution in [0.1, 0.15) is 69.9 Å². The Labute approximate surface area is 206 Å². The van der Waals surface area contributed by atoms with Gasteiger partial charge in [-0.3, -0.25) is 4.79 Å². The Hall–Kier alpha value is -1.38. The number of carbonyl (C=O) groups is 1. The van der Waals surface area contributed by atoms with Crippen LogP contribution < -0.4 is 10.5 Å². The van der Waals surface area contributed by atoms with E-state index in [0.717, 1.165) is 69.5 Å². The van der Waals surface area contributed by atoms with E-state index in [9.17, 15) is 4.79 Å². The third kappa shape index (κ3) is 18.7. The van der Waals surface area contributed by atoms with Gasteiger partial charge in [-0.15, -0.1) is 12.4 Å². The molecule has 0 bridgehead atoms. The summed E-state index contributed by atoms with van der Waals surface area (Å²) in [6.07, 6.45) is 7.64. The summed E-state index contributed by atoms with van der Waals surface area (Å²) in [6, 6.07) is 8.06. The van der Waals surface area contributed by atoms with Crippen LogP contribution in [-0.4, -0.2) is 59.3 Å². The van der Waals surface area contributed by atoms with E-state index < -0.39 is 0 Å². The molecule has 1 aromatic rings. The van der Waals surface area contributed by atoms with Crippen molar-refractivity contribution in [2.75, 3.05) is 53.4 Å². The number of hydrogen-bond donors (Lipinski definition) is 1. The third-order valence-corrected chi connectivity index (χ3v) is 5.00. The summed E-state index contributed by atoms with van der Waals surface area (Å²) in [4.78, 5) is 11.0. The van der Waals surface area contributed by atoms with Crippen LogP contribution in [0.2, 0.25) is 0 Å². The molecular weight excluding hydrogens is 446 g/mol. The van der Waals surface area contributed by atoms with Crippen molar-refractivity contribution in [1.29, 1.82) is 0 Å². The number of benzene rings is 1. The van der Waals surface area contributed by atoms with Gasteiger partial charge in [0.2, 0.25) is 0 Å². The average molecular weight is 490 g/mol. The Bertz CT molecular complexity index is 571. The van der Waals surface area contributed by atoms with Gasteiger partial charge in [0, 0.05) is 25.7 Å². The first kappa shape index (κ1) is 31.6. The molecule has 1 rings (SSSR count). The highest BCUT2D eigenvalue weighted by Gasteiger charge is 2.00. The van der Waals surface area contributed by atoms with E-state index in [1.54, 1.807) is 0 Å². The highest BCUT2D eigenvalue weighted by Crippen LogP contribution is 2.16. The molecule has 0 radical (unpaired) electrons. The van der Waals surface area contributed by atoms with E-state index in [0.29, 0.717) is 39.5 Å². The minimum Gasteiger partial charge on any atom is -0.494 e. The smallest absolute Gasteiger partial charge is 0.305 e. The molecule has 0 aliphatic carbocycles. The first-order valence-corrected chi connectivity index (χ1v) is 11.9. The van der Waals surface area contributed by atoms with Gasteiger partial charge in [-0.1, -0.05) is 25.0 Å². The van der Waals surface area contributed by atoms with Crippen molar-refractivity contribution >= 4 is 18.4 Å². The molecule has 192 valence electrons. The van der Waals surface area contributed by atoms with Crippen molar-refractivity contribution in [2.45, 2.75) is 64.3 Å². The second-order valence-corrected chi connectivity index (χ2v) is 7.84. The summed E-state index contributed by atoms with van der Waals surface area (Å²) in [5.74, 6) is 0.755. The lowest BCUT2D eigenvalue weighted by atomic mass is 10.1. The van der Waals surface area contributed by atoms with Crippen molar-refractivity contribution in [2.24, 2.45) is 5.73 Å². The molecule has 0 aromatic heterocycles. The Morgan fingerprint density at radius 2 is 1.24 bits per heavy atom. The van der Waals surface area contributed by atoms with Crippen LogP contribution >= 0.6 is 12.4 Å². The van der Waals surface area contributed by atoms with Crippen molar-refractivity contribution in [3.63, 3.8) is 0 Å². The lowest BCUT2D eigenvalue weighted by Gasteiger charge is -2.09. The molecule has 0 amide bonds. The number of halogens is 1. The van der Waals surface area contributed by atoms with Crippen LogP contribution in [0.5, 0.6) is 5.75 Å². The Kier molecular flexibility index (Phi) is 21.5. The molecule has 0 aliphatic rings. The zero-order chi connectivity index (χ0) is 23.3. The Morgan fingerprint density at radius 3 is 1.76 bits per heavy atom. The van der Waals surface area contributed by atoms with Crippen LogP contribution in [0.25, 0.3) is 0 Å². The monoisotopic (exact) mass is 489 g/mol. The Morgan fingerprint density at radius 1 is 0.758 bits per heavy atom. The fourth-order valence-corrected chi connectivity index (χ4v) is 3.01. The van der Waals surface area contributed by atoms with Gasteiger partial charge in [-0.25, -0.2) is 0 Å². The fraction of sp³-hybridized carbons (Fsp3) is 0.720. The molecular formula is C25H44ClNO6. The average Bonchev–Trinajstić information content (AvgIpc) is 2.80. The highest BCUT2D eigenvalue weighted by molar-refractivity contribution is 5.85. The maximum atomic E-state index is 11.0. The molecule has 0 aliphatic heterocycles. The third-order valence-electron chi connectivity index (χ3n) is 5.00. The van der Waals surface area contributed by atoms with Gasteiger partial charge >= 0.3 is 5.97 Å². The van der Waals surface area contributed by atoms with Crippen LogP contribution in [0.15, 0.2) is 24.3 Å². The molecule has 0 unspecified atom stereocenters. The number of esters is 1. The van der Waals surface area contributed by atoms with Gasteiger partial charge in [-0.2, -0.15) is 0 Å². The SMILES string of the molecule is COC(=O)CCCCCOCCOCCOCCCCCCOc1ccc([C@H](C)N)cc1.Cl. The summed E-state index contributed by atoms with van der Waals surface area (Å²) in [7, 11) is 1.42. The van der Waals surface area contributed by atoms with Crippen LogP contribution in [-0.2, 0) is 23.7 Å². The van der Waals surface area contributed by atoms with Gasteiger partial charge in [0.15, 0.2) is 0 Å². The van der Waals surface area contributed by atoms with Crippen molar-refractivity contribution < 1.29 is 28.5 Å².